The number of hydrazine groups is 1. The predicted octanol–water partition coefficient (Wildman–Crippen LogP) is 0.958. The summed E-state index contributed by atoms with van der Waals surface area (Å²) < 4.78 is 0. The number of likely N-dealkylation sites (N-methyl/N-ethyl adjacent to an activating group) is 1. The van der Waals surface area contributed by atoms with Gasteiger partial charge in [-0.25, -0.2) is 5.01 Å². The van der Waals surface area contributed by atoms with E-state index in [-0.39, 0.29) is 17.7 Å². The first-order valence-corrected chi connectivity index (χ1v) is 8.54. The molecule has 2 bridgehead atoms. The average molecular weight is 321 g/mol. The first-order chi connectivity index (χ1) is 10.9. The van der Waals surface area contributed by atoms with Crippen LogP contribution in [0.2, 0.25) is 0 Å². The number of rotatable bonds is 3. The fourth-order valence-electron chi connectivity index (χ4n) is 4.75. The molecule has 3 aliphatic rings. The van der Waals surface area contributed by atoms with Crippen LogP contribution in [-0.2, 0) is 9.59 Å². The van der Waals surface area contributed by atoms with Crippen molar-refractivity contribution >= 4 is 11.9 Å². The highest BCUT2D eigenvalue weighted by atomic mass is 16.4. The second-order valence-corrected chi connectivity index (χ2v) is 7.40. The van der Waals surface area contributed by atoms with Crippen LogP contribution in [0.1, 0.15) is 26.7 Å². The minimum absolute atomic E-state index is 0.0470. The first-order valence-electron chi connectivity index (χ1n) is 8.54. The summed E-state index contributed by atoms with van der Waals surface area (Å²) in [6, 6.07) is 0. The van der Waals surface area contributed by atoms with Gasteiger partial charge in [0.05, 0.1) is 11.8 Å². The molecule has 1 amide bonds. The largest absolute Gasteiger partial charge is 0.481 e. The lowest BCUT2D eigenvalue weighted by Crippen LogP contribution is -2.55. The van der Waals surface area contributed by atoms with Gasteiger partial charge in [0.1, 0.15) is 0 Å². The third kappa shape index (κ3) is 2.90. The van der Waals surface area contributed by atoms with Crippen LogP contribution in [0.3, 0.4) is 0 Å². The van der Waals surface area contributed by atoms with E-state index < -0.39 is 17.8 Å². The van der Waals surface area contributed by atoms with E-state index >= 15 is 0 Å². The van der Waals surface area contributed by atoms with Crippen LogP contribution in [0, 0.1) is 23.7 Å². The van der Waals surface area contributed by atoms with Crippen LogP contribution >= 0.6 is 0 Å². The number of amides is 1. The summed E-state index contributed by atoms with van der Waals surface area (Å²) >= 11 is 0. The molecule has 0 radical (unpaired) electrons. The molecule has 3 rings (SSSR count). The van der Waals surface area contributed by atoms with Gasteiger partial charge in [-0.15, -0.1) is 0 Å². The Morgan fingerprint density at radius 1 is 1.04 bits per heavy atom. The quantitative estimate of drug-likeness (QED) is 0.758. The van der Waals surface area contributed by atoms with Gasteiger partial charge in [0.2, 0.25) is 5.91 Å². The number of carbonyl (C=O) groups excluding carboxylic acids is 1. The number of carbonyl (C=O) groups is 2. The molecular weight excluding hydrogens is 294 g/mol. The summed E-state index contributed by atoms with van der Waals surface area (Å²) in [5, 5.41) is 11.6. The molecule has 1 aliphatic heterocycles. The van der Waals surface area contributed by atoms with Crippen molar-refractivity contribution in [2.45, 2.75) is 26.7 Å². The van der Waals surface area contributed by atoms with Crippen LogP contribution in [0.15, 0.2) is 11.1 Å². The van der Waals surface area contributed by atoms with Crippen LogP contribution in [-0.4, -0.2) is 60.1 Å². The van der Waals surface area contributed by atoms with Gasteiger partial charge in [-0.3, -0.25) is 15.0 Å². The highest BCUT2D eigenvalue weighted by molar-refractivity contribution is 5.87. The Labute approximate surface area is 137 Å². The van der Waals surface area contributed by atoms with Crippen LogP contribution in [0.25, 0.3) is 0 Å². The lowest BCUT2D eigenvalue weighted by Gasteiger charge is -2.34. The number of allylic oxidation sites excluding steroid dienone is 2. The summed E-state index contributed by atoms with van der Waals surface area (Å²) in [6.07, 6.45) is 1.84. The lowest BCUT2D eigenvalue weighted by atomic mass is 9.79. The van der Waals surface area contributed by atoms with Crippen LogP contribution < -0.4 is 5.43 Å². The molecule has 0 aromatic rings. The predicted molar refractivity (Wildman–Crippen MR) is 86.4 cm³/mol. The number of piperazine rings is 1. The summed E-state index contributed by atoms with van der Waals surface area (Å²) in [4.78, 5) is 26.8. The fourth-order valence-corrected chi connectivity index (χ4v) is 4.75. The maximum absolute atomic E-state index is 12.8. The SMILES string of the molecule is CC(C)=C1[C@H]2CC[C@H]1[C@@H](C(=O)NN1CCN(C)CC1)[C@H]2C(=O)O. The third-order valence-corrected chi connectivity index (χ3v) is 5.78. The third-order valence-electron chi connectivity index (χ3n) is 5.78. The van der Waals surface area contributed by atoms with E-state index in [2.05, 4.69) is 17.4 Å². The number of carboxylic acids is 1. The Kier molecular flexibility index (Phi) is 4.47. The summed E-state index contributed by atoms with van der Waals surface area (Å²) in [5.41, 5.74) is 5.42. The second-order valence-electron chi connectivity index (χ2n) is 7.40. The van der Waals surface area contributed by atoms with E-state index in [0.29, 0.717) is 0 Å². The van der Waals surface area contributed by atoms with Gasteiger partial charge in [-0.05, 0) is 45.6 Å². The monoisotopic (exact) mass is 321 g/mol. The summed E-state index contributed by atoms with van der Waals surface area (Å²) in [5.74, 6) is -1.76. The number of nitrogens with zero attached hydrogens (tertiary/aromatic N) is 2. The van der Waals surface area contributed by atoms with Crippen LogP contribution in [0.5, 0.6) is 0 Å². The van der Waals surface area contributed by atoms with E-state index in [9.17, 15) is 14.7 Å². The maximum atomic E-state index is 12.8. The zero-order valence-corrected chi connectivity index (χ0v) is 14.2. The average Bonchev–Trinajstić information content (AvgIpc) is 3.05. The Morgan fingerprint density at radius 3 is 2.13 bits per heavy atom. The van der Waals surface area contributed by atoms with Crippen molar-refractivity contribution < 1.29 is 14.7 Å². The second kappa shape index (κ2) is 6.24. The van der Waals surface area contributed by atoms with E-state index in [1.807, 2.05) is 18.9 Å². The van der Waals surface area contributed by atoms with Crippen molar-refractivity contribution in [3.8, 4) is 0 Å². The van der Waals surface area contributed by atoms with E-state index in [4.69, 9.17) is 0 Å². The summed E-state index contributed by atoms with van der Waals surface area (Å²) in [6.45, 7) is 7.49. The minimum Gasteiger partial charge on any atom is -0.481 e. The first kappa shape index (κ1) is 16.5. The molecule has 128 valence electrons. The normalized spacial score (nSPS) is 34.7. The van der Waals surface area contributed by atoms with Crippen molar-refractivity contribution in [1.29, 1.82) is 0 Å². The van der Waals surface area contributed by atoms with E-state index in [1.54, 1.807) is 0 Å². The molecule has 2 saturated carbocycles. The van der Waals surface area contributed by atoms with Gasteiger partial charge in [-0.1, -0.05) is 11.1 Å². The Hall–Kier alpha value is -1.40. The number of hydrogen-bond donors (Lipinski definition) is 2. The molecule has 6 heteroatoms. The molecule has 4 atom stereocenters. The van der Waals surface area contributed by atoms with Crippen molar-refractivity contribution in [3.05, 3.63) is 11.1 Å². The molecule has 0 aromatic carbocycles. The van der Waals surface area contributed by atoms with E-state index in [1.165, 1.54) is 11.1 Å². The van der Waals surface area contributed by atoms with Crippen molar-refractivity contribution in [2.75, 3.05) is 33.2 Å². The fraction of sp³-hybridized carbons (Fsp3) is 0.765. The van der Waals surface area contributed by atoms with Crippen LogP contribution in [0.4, 0.5) is 0 Å². The highest BCUT2D eigenvalue weighted by Crippen LogP contribution is 2.57. The van der Waals surface area contributed by atoms with E-state index in [0.717, 1.165) is 39.0 Å². The summed E-state index contributed by atoms with van der Waals surface area (Å²) in [7, 11) is 2.07. The van der Waals surface area contributed by atoms with Gasteiger partial charge in [0.25, 0.3) is 0 Å². The van der Waals surface area contributed by atoms with Gasteiger partial charge in [0, 0.05) is 26.2 Å². The van der Waals surface area contributed by atoms with Gasteiger partial charge in [0.15, 0.2) is 0 Å². The zero-order valence-electron chi connectivity index (χ0n) is 14.2. The van der Waals surface area contributed by atoms with Crippen molar-refractivity contribution in [1.82, 2.24) is 15.3 Å². The van der Waals surface area contributed by atoms with Crippen molar-refractivity contribution in [3.63, 3.8) is 0 Å². The van der Waals surface area contributed by atoms with Gasteiger partial charge in [-0.2, -0.15) is 0 Å². The number of aliphatic carboxylic acids is 1. The Morgan fingerprint density at radius 2 is 1.61 bits per heavy atom. The molecule has 2 aliphatic carbocycles. The Balaban J connectivity index is 1.76. The lowest BCUT2D eigenvalue weighted by molar-refractivity contribution is -0.151. The van der Waals surface area contributed by atoms with Gasteiger partial charge >= 0.3 is 5.97 Å². The standard InChI is InChI=1S/C17H27N3O3/c1-10(2)13-11-4-5-12(13)15(17(22)23)14(11)16(21)18-20-8-6-19(3)7-9-20/h11-12,14-15H,4-9H2,1-3H3,(H,18,21)(H,22,23)/t11-,12-,14-,15+/m1/s1. The smallest absolute Gasteiger partial charge is 0.307 e. The molecule has 3 fully saturated rings. The number of hydrogen-bond acceptors (Lipinski definition) is 4. The Bertz CT molecular complexity index is 533. The highest BCUT2D eigenvalue weighted by Gasteiger charge is 2.57. The molecular formula is C17H27N3O3. The molecule has 2 N–H and O–H groups in total. The minimum atomic E-state index is -0.825. The molecule has 0 unspecified atom stereocenters. The van der Waals surface area contributed by atoms with Gasteiger partial charge < -0.3 is 10.0 Å². The molecule has 1 heterocycles. The molecule has 23 heavy (non-hydrogen) atoms. The number of fused-ring (bicyclic) bond motifs is 2. The van der Waals surface area contributed by atoms with Crippen molar-refractivity contribution in [2.24, 2.45) is 23.7 Å². The zero-order chi connectivity index (χ0) is 16.7. The number of carboxylic acid groups (broad SMARTS) is 1. The molecule has 0 spiro atoms. The number of nitrogens with one attached hydrogen (secondary N) is 1. The molecule has 1 saturated heterocycles. The molecule has 6 nitrogen and oxygen atoms in total. The topological polar surface area (TPSA) is 72.9 Å². The maximum Gasteiger partial charge on any atom is 0.307 e. The molecule has 0 aromatic heterocycles.